The van der Waals surface area contributed by atoms with Gasteiger partial charge in [-0.25, -0.2) is 9.59 Å². The van der Waals surface area contributed by atoms with Crippen molar-refractivity contribution in [3.05, 3.63) is 82.2 Å². The van der Waals surface area contributed by atoms with Gasteiger partial charge in [0.1, 0.15) is 0 Å². The minimum absolute atomic E-state index is 0.0768. The number of carbonyl (C=O) groups is 3. The molecule has 42 heavy (non-hydrogen) atoms. The molecule has 4 amide bonds. The fraction of sp³-hybridized carbons (Fsp3) is 0.375. The number of allylic oxidation sites excluding steroid dienone is 3. The quantitative estimate of drug-likeness (QED) is 0.330. The summed E-state index contributed by atoms with van der Waals surface area (Å²) < 4.78 is 4.73. The molecule has 3 aliphatic heterocycles. The van der Waals surface area contributed by atoms with Gasteiger partial charge >= 0.3 is 12.1 Å². The number of benzene rings is 2. The molecule has 1 fully saturated rings. The molecule has 220 valence electrons. The molecule has 1 saturated heterocycles. The number of halogens is 1. The van der Waals surface area contributed by atoms with Crippen LogP contribution in [0.3, 0.4) is 0 Å². The van der Waals surface area contributed by atoms with Crippen molar-refractivity contribution in [1.29, 1.82) is 0 Å². The normalized spacial score (nSPS) is 24.6. The van der Waals surface area contributed by atoms with E-state index < -0.39 is 6.09 Å². The zero-order valence-electron chi connectivity index (χ0n) is 23.9. The molecule has 0 saturated carbocycles. The van der Waals surface area contributed by atoms with E-state index >= 15 is 0 Å². The molecule has 0 spiro atoms. The molecule has 10 heteroatoms. The van der Waals surface area contributed by atoms with Gasteiger partial charge < -0.3 is 15.4 Å². The molecule has 3 aliphatic rings. The summed E-state index contributed by atoms with van der Waals surface area (Å²) in [5.41, 5.74) is 4.85. The monoisotopic (exact) mass is 589 g/mol. The largest absolute Gasteiger partial charge is 0.453 e. The molecule has 2 aromatic rings. The summed E-state index contributed by atoms with van der Waals surface area (Å²) in [5, 5.41) is 9.53. The van der Waals surface area contributed by atoms with Crippen molar-refractivity contribution in [1.82, 2.24) is 10.2 Å². The Balaban J connectivity index is 1.48. The standard InChI is InChI=1S/C32H36ClN5O4/c1-20-11-14-27-29(38-16-15-26(37-31(38)40)21-7-6-8-22(33)17-21)9-4-3-5-10-30(39)36-28-18-23(35-32(41)42-2)12-13-24(28)25(20)19-34-27/h3-4,6-8,12-13,17-20,25-26H,5,9-11,14-16H2,1-2H3,(H,35,41)(H,36,39)(H,37,40)/b4-3?,29-27+. The van der Waals surface area contributed by atoms with E-state index in [1.807, 2.05) is 53.6 Å². The third-order valence-corrected chi connectivity index (χ3v) is 8.30. The first kappa shape index (κ1) is 29.4. The zero-order chi connectivity index (χ0) is 29.6. The smallest absolute Gasteiger partial charge is 0.411 e. The minimum Gasteiger partial charge on any atom is -0.453 e. The van der Waals surface area contributed by atoms with Crippen molar-refractivity contribution < 1.29 is 19.1 Å². The molecular weight excluding hydrogens is 554 g/mol. The van der Waals surface area contributed by atoms with E-state index in [-0.39, 0.29) is 29.8 Å². The molecule has 0 radical (unpaired) electrons. The zero-order valence-corrected chi connectivity index (χ0v) is 24.6. The van der Waals surface area contributed by atoms with Crippen LogP contribution in [0, 0.1) is 5.92 Å². The highest BCUT2D eigenvalue weighted by Gasteiger charge is 2.31. The Labute approximate surface area is 251 Å². The number of amides is 4. The van der Waals surface area contributed by atoms with E-state index in [0.717, 1.165) is 41.8 Å². The Bertz CT molecular complexity index is 1450. The predicted molar refractivity (Wildman–Crippen MR) is 165 cm³/mol. The average Bonchev–Trinajstić information content (AvgIpc) is 3.16. The number of methoxy groups -OCH3 is 1. The third kappa shape index (κ3) is 6.85. The lowest BCUT2D eigenvalue weighted by molar-refractivity contribution is -0.116. The number of nitrogens with one attached hydrogen (secondary N) is 3. The van der Waals surface area contributed by atoms with Gasteiger partial charge in [-0.2, -0.15) is 0 Å². The van der Waals surface area contributed by atoms with Gasteiger partial charge in [-0.3, -0.25) is 20.0 Å². The first-order chi connectivity index (χ1) is 20.3. The lowest BCUT2D eigenvalue weighted by atomic mass is 9.84. The Hall–Kier alpha value is -4.11. The van der Waals surface area contributed by atoms with Crippen molar-refractivity contribution in [2.75, 3.05) is 24.3 Å². The maximum atomic E-state index is 13.5. The van der Waals surface area contributed by atoms with Crippen LogP contribution >= 0.6 is 11.6 Å². The average molecular weight is 590 g/mol. The Morgan fingerprint density at radius 3 is 2.76 bits per heavy atom. The van der Waals surface area contributed by atoms with Gasteiger partial charge in [0.15, 0.2) is 0 Å². The van der Waals surface area contributed by atoms with Crippen LogP contribution in [0.2, 0.25) is 5.02 Å². The lowest BCUT2D eigenvalue weighted by Crippen LogP contribution is -2.47. The number of hydrogen-bond donors (Lipinski definition) is 3. The van der Waals surface area contributed by atoms with E-state index in [1.165, 1.54) is 7.11 Å². The second-order valence-electron chi connectivity index (χ2n) is 10.9. The van der Waals surface area contributed by atoms with Crippen molar-refractivity contribution in [3.8, 4) is 0 Å². The van der Waals surface area contributed by atoms with Gasteiger partial charge in [0.05, 0.1) is 18.8 Å². The summed E-state index contributed by atoms with van der Waals surface area (Å²) in [6.45, 7) is 2.73. The van der Waals surface area contributed by atoms with E-state index in [1.54, 1.807) is 12.1 Å². The molecule has 3 heterocycles. The molecule has 5 rings (SSSR count). The summed E-state index contributed by atoms with van der Waals surface area (Å²) in [6, 6.07) is 12.8. The first-order valence-electron chi connectivity index (χ1n) is 14.4. The SMILES string of the molecule is COC(=O)Nc1ccc2c(c1)NC(=O)CCC=CC/C(N1CCC(c3cccc(Cl)c3)NC1=O)=C1/CCC(C)C2C=N1. The van der Waals surface area contributed by atoms with Gasteiger partial charge in [0.2, 0.25) is 5.91 Å². The summed E-state index contributed by atoms with van der Waals surface area (Å²) >= 11 is 6.20. The van der Waals surface area contributed by atoms with Crippen molar-refractivity contribution >= 4 is 47.2 Å². The van der Waals surface area contributed by atoms with E-state index in [4.69, 9.17) is 21.3 Å². The van der Waals surface area contributed by atoms with Gasteiger partial charge in [0.25, 0.3) is 0 Å². The number of hydrogen-bond acceptors (Lipinski definition) is 5. The minimum atomic E-state index is -0.584. The molecule has 3 atom stereocenters. The van der Waals surface area contributed by atoms with Gasteiger partial charge in [-0.15, -0.1) is 0 Å². The highest BCUT2D eigenvalue weighted by atomic mass is 35.5. The second-order valence-corrected chi connectivity index (χ2v) is 11.3. The highest BCUT2D eigenvalue weighted by Crippen LogP contribution is 2.38. The van der Waals surface area contributed by atoms with Crippen LogP contribution in [-0.4, -0.2) is 42.8 Å². The Morgan fingerprint density at radius 2 is 1.98 bits per heavy atom. The van der Waals surface area contributed by atoms with E-state index in [0.29, 0.717) is 42.2 Å². The summed E-state index contributed by atoms with van der Waals surface area (Å²) in [5.74, 6) is 0.0167. The van der Waals surface area contributed by atoms with Gasteiger partial charge in [0, 0.05) is 53.6 Å². The summed E-state index contributed by atoms with van der Waals surface area (Å²) in [7, 11) is 1.30. The van der Waals surface area contributed by atoms with Crippen molar-refractivity contribution in [2.24, 2.45) is 10.9 Å². The summed E-state index contributed by atoms with van der Waals surface area (Å²) in [4.78, 5) is 45.0. The van der Waals surface area contributed by atoms with Crippen molar-refractivity contribution in [3.63, 3.8) is 0 Å². The van der Waals surface area contributed by atoms with E-state index in [9.17, 15) is 14.4 Å². The van der Waals surface area contributed by atoms with Crippen LogP contribution in [0.25, 0.3) is 0 Å². The number of carbonyl (C=O) groups excluding carboxylic acids is 3. The fourth-order valence-corrected chi connectivity index (χ4v) is 5.95. The maximum Gasteiger partial charge on any atom is 0.411 e. The van der Waals surface area contributed by atoms with Crippen LogP contribution in [0.5, 0.6) is 0 Å². The lowest BCUT2D eigenvalue weighted by Gasteiger charge is -2.35. The molecule has 2 bridgehead atoms. The molecule has 0 aliphatic carbocycles. The van der Waals surface area contributed by atoms with Crippen LogP contribution in [0.15, 0.2) is 71.0 Å². The van der Waals surface area contributed by atoms with E-state index in [2.05, 4.69) is 22.9 Å². The van der Waals surface area contributed by atoms with Crippen LogP contribution in [0.1, 0.15) is 68.5 Å². The predicted octanol–water partition coefficient (Wildman–Crippen LogP) is 7.15. The van der Waals surface area contributed by atoms with Crippen LogP contribution < -0.4 is 16.0 Å². The highest BCUT2D eigenvalue weighted by molar-refractivity contribution is 6.30. The second kappa shape index (κ2) is 13.2. The number of aliphatic imine (C=N–C) groups is 1. The first-order valence-corrected chi connectivity index (χ1v) is 14.7. The maximum absolute atomic E-state index is 13.5. The van der Waals surface area contributed by atoms with Gasteiger partial charge in [-0.1, -0.05) is 48.9 Å². The molecular formula is C32H36ClN5O4. The van der Waals surface area contributed by atoms with Crippen molar-refractivity contribution in [2.45, 2.75) is 57.4 Å². The fourth-order valence-electron chi connectivity index (χ4n) is 5.75. The summed E-state index contributed by atoms with van der Waals surface area (Å²) in [6.07, 6.45) is 9.07. The number of anilines is 2. The number of rotatable bonds is 3. The molecule has 3 N–H and O–H groups in total. The van der Waals surface area contributed by atoms with Crippen LogP contribution in [0.4, 0.5) is 21.0 Å². The number of fused-ring (bicyclic) bond motifs is 4. The molecule has 3 unspecified atom stereocenters. The number of urea groups is 1. The van der Waals surface area contributed by atoms with Crippen LogP contribution in [-0.2, 0) is 9.53 Å². The Morgan fingerprint density at radius 1 is 1.12 bits per heavy atom. The van der Waals surface area contributed by atoms with Gasteiger partial charge in [-0.05, 0) is 67.0 Å². The Kier molecular flexibility index (Phi) is 9.27. The molecule has 2 aromatic carbocycles. The number of nitrogens with zero attached hydrogens (tertiary/aromatic N) is 2. The topological polar surface area (TPSA) is 112 Å². The third-order valence-electron chi connectivity index (χ3n) is 8.07. The molecule has 9 nitrogen and oxygen atoms in total. The molecule has 0 aromatic heterocycles. The number of ether oxygens (including phenoxy) is 1.